The van der Waals surface area contributed by atoms with Gasteiger partial charge in [0.15, 0.2) is 0 Å². The third-order valence-corrected chi connectivity index (χ3v) is 2.48. The Morgan fingerprint density at radius 1 is 1.00 bits per heavy atom. The molecule has 0 radical (unpaired) electrons. The third kappa shape index (κ3) is 2.80. The Balaban J connectivity index is 2.34. The monoisotopic (exact) mass is 156 g/mol. The summed E-state index contributed by atoms with van der Waals surface area (Å²) in [6, 6.07) is 0.724. The van der Waals surface area contributed by atoms with Crippen molar-refractivity contribution in [2.75, 3.05) is 33.2 Å². The van der Waals surface area contributed by atoms with E-state index >= 15 is 0 Å². The smallest absolute Gasteiger partial charge is 0.0112 e. The van der Waals surface area contributed by atoms with Crippen LogP contribution in [0.25, 0.3) is 0 Å². The van der Waals surface area contributed by atoms with Gasteiger partial charge in [0, 0.05) is 19.1 Å². The molecule has 1 fully saturated rings. The van der Waals surface area contributed by atoms with Crippen LogP contribution in [0.4, 0.5) is 0 Å². The largest absolute Gasteiger partial charge is 0.305 e. The van der Waals surface area contributed by atoms with Gasteiger partial charge >= 0.3 is 0 Å². The summed E-state index contributed by atoms with van der Waals surface area (Å²) < 4.78 is 0. The quantitative estimate of drug-likeness (QED) is 0.559. The standard InChI is InChI=1S/C9H20N2/c1-9(2)11-6-4-5-10(3)7-8-11/h9H,4-8H2,1-3H3. The summed E-state index contributed by atoms with van der Waals surface area (Å²) in [6.07, 6.45) is 1.33. The second-order valence-corrected chi connectivity index (χ2v) is 3.79. The van der Waals surface area contributed by atoms with E-state index in [0.29, 0.717) is 0 Å². The SMILES string of the molecule is CC(C)N1CCCN(C)CC1. The maximum atomic E-state index is 2.56. The van der Waals surface area contributed by atoms with Gasteiger partial charge in [-0.25, -0.2) is 0 Å². The van der Waals surface area contributed by atoms with Crippen molar-refractivity contribution in [1.29, 1.82) is 0 Å². The predicted octanol–water partition coefficient (Wildman–Crippen LogP) is 1.03. The van der Waals surface area contributed by atoms with Gasteiger partial charge in [-0.1, -0.05) is 0 Å². The highest BCUT2D eigenvalue weighted by molar-refractivity contribution is 4.69. The van der Waals surface area contributed by atoms with E-state index in [-0.39, 0.29) is 0 Å². The van der Waals surface area contributed by atoms with Crippen LogP contribution in [0.5, 0.6) is 0 Å². The summed E-state index contributed by atoms with van der Waals surface area (Å²) in [5, 5.41) is 0. The molecule has 11 heavy (non-hydrogen) atoms. The van der Waals surface area contributed by atoms with Gasteiger partial charge in [0.2, 0.25) is 0 Å². The van der Waals surface area contributed by atoms with Gasteiger partial charge in [-0.2, -0.15) is 0 Å². The van der Waals surface area contributed by atoms with Crippen LogP contribution in [0.2, 0.25) is 0 Å². The first-order valence-electron chi connectivity index (χ1n) is 4.63. The molecule has 0 aliphatic carbocycles. The van der Waals surface area contributed by atoms with Crippen molar-refractivity contribution in [3.8, 4) is 0 Å². The number of likely N-dealkylation sites (N-methyl/N-ethyl adjacent to an activating group) is 1. The highest BCUT2D eigenvalue weighted by Crippen LogP contribution is 2.04. The molecular weight excluding hydrogens is 136 g/mol. The molecule has 0 aromatic carbocycles. The second-order valence-electron chi connectivity index (χ2n) is 3.79. The zero-order chi connectivity index (χ0) is 8.27. The normalized spacial score (nSPS) is 24.0. The summed E-state index contributed by atoms with van der Waals surface area (Å²) in [5.74, 6) is 0. The lowest BCUT2D eigenvalue weighted by Gasteiger charge is -2.23. The first-order valence-corrected chi connectivity index (χ1v) is 4.63. The fourth-order valence-electron chi connectivity index (χ4n) is 1.58. The summed E-state index contributed by atoms with van der Waals surface area (Å²) >= 11 is 0. The molecule has 1 aliphatic heterocycles. The van der Waals surface area contributed by atoms with Crippen LogP contribution in [-0.4, -0.2) is 49.1 Å². The predicted molar refractivity (Wildman–Crippen MR) is 48.8 cm³/mol. The highest BCUT2D eigenvalue weighted by Gasteiger charge is 2.13. The zero-order valence-electron chi connectivity index (χ0n) is 8.01. The lowest BCUT2D eigenvalue weighted by molar-refractivity contribution is 0.228. The summed E-state index contributed by atoms with van der Waals surface area (Å²) in [7, 11) is 2.21. The van der Waals surface area contributed by atoms with Gasteiger partial charge in [0.25, 0.3) is 0 Å². The Labute approximate surface area is 70.2 Å². The maximum absolute atomic E-state index is 2.56. The summed E-state index contributed by atoms with van der Waals surface area (Å²) in [4.78, 5) is 4.98. The van der Waals surface area contributed by atoms with E-state index in [1.807, 2.05) is 0 Å². The van der Waals surface area contributed by atoms with E-state index in [2.05, 4.69) is 30.7 Å². The molecule has 1 heterocycles. The van der Waals surface area contributed by atoms with Gasteiger partial charge in [0.05, 0.1) is 0 Å². The molecule has 0 bridgehead atoms. The Kier molecular flexibility index (Phi) is 3.34. The van der Waals surface area contributed by atoms with Crippen molar-refractivity contribution >= 4 is 0 Å². The van der Waals surface area contributed by atoms with Gasteiger partial charge < -0.3 is 4.90 Å². The molecule has 0 unspecified atom stereocenters. The van der Waals surface area contributed by atoms with E-state index < -0.39 is 0 Å². The molecular formula is C9H20N2. The maximum Gasteiger partial charge on any atom is 0.0112 e. The molecule has 2 heteroatoms. The van der Waals surface area contributed by atoms with E-state index in [0.717, 1.165) is 6.04 Å². The van der Waals surface area contributed by atoms with Crippen molar-refractivity contribution in [1.82, 2.24) is 9.80 Å². The summed E-state index contributed by atoms with van der Waals surface area (Å²) in [5.41, 5.74) is 0. The van der Waals surface area contributed by atoms with E-state index in [1.54, 1.807) is 0 Å². The Morgan fingerprint density at radius 3 is 2.36 bits per heavy atom. The van der Waals surface area contributed by atoms with Gasteiger partial charge in [0.1, 0.15) is 0 Å². The molecule has 66 valence electrons. The molecule has 0 saturated carbocycles. The summed E-state index contributed by atoms with van der Waals surface area (Å²) in [6.45, 7) is 9.59. The lowest BCUT2D eigenvalue weighted by atomic mass is 10.3. The van der Waals surface area contributed by atoms with Crippen LogP contribution >= 0.6 is 0 Å². The minimum absolute atomic E-state index is 0.724. The number of rotatable bonds is 1. The molecule has 0 amide bonds. The van der Waals surface area contributed by atoms with E-state index in [4.69, 9.17) is 0 Å². The van der Waals surface area contributed by atoms with Crippen LogP contribution < -0.4 is 0 Å². The van der Waals surface area contributed by atoms with Crippen molar-refractivity contribution in [2.45, 2.75) is 26.3 Å². The van der Waals surface area contributed by atoms with Crippen molar-refractivity contribution in [2.24, 2.45) is 0 Å². The molecule has 1 rings (SSSR count). The minimum Gasteiger partial charge on any atom is -0.305 e. The first kappa shape index (κ1) is 9.01. The first-order chi connectivity index (χ1) is 5.20. The zero-order valence-corrected chi connectivity index (χ0v) is 8.01. The van der Waals surface area contributed by atoms with Crippen molar-refractivity contribution in [3.63, 3.8) is 0 Å². The molecule has 1 aliphatic rings. The second kappa shape index (κ2) is 4.07. The number of nitrogens with zero attached hydrogens (tertiary/aromatic N) is 2. The average molecular weight is 156 g/mol. The Hall–Kier alpha value is -0.0800. The van der Waals surface area contributed by atoms with Crippen LogP contribution in [0.1, 0.15) is 20.3 Å². The molecule has 1 saturated heterocycles. The van der Waals surface area contributed by atoms with E-state index in [1.165, 1.54) is 32.6 Å². The highest BCUT2D eigenvalue weighted by atomic mass is 15.2. The number of hydrogen-bond acceptors (Lipinski definition) is 2. The van der Waals surface area contributed by atoms with Gasteiger partial charge in [-0.15, -0.1) is 0 Å². The average Bonchev–Trinajstić information content (AvgIpc) is 2.13. The van der Waals surface area contributed by atoms with Gasteiger partial charge in [-0.3, -0.25) is 4.90 Å². The van der Waals surface area contributed by atoms with Gasteiger partial charge in [-0.05, 0) is 40.4 Å². The minimum atomic E-state index is 0.724. The molecule has 0 spiro atoms. The molecule has 2 nitrogen and oxygen atoms in total. The molecule has 0 aromatic heterocycles. The topological polar surface area (TPSA) is 6.48 Å². The van der Waals surface area contributed by atoms with E-state index in [9.17, 15) is 0 Å². The molecule has 0 aromatic rings. The molecule has 0 N–H and O–H groups in total. The lowest BCUT2D eigenvalue weighted by Crippen LogP contribution is -2.34. The fourth-order valence-corrected chi connectivity index (χ4v) is 1.58. The van der Waals surface area contributed by atoms with Crippen molar-refractivity contribution < 1.29 is 0 Å². The Bertz CT molecular complexity index is 112. The van der Waals surface area contributed by atoms with Crippen LogP contribution in [-0.2, 0) is 0 Å². The number of hydrogen-bond donors (Lipinski definition) is 0. The molecule has 0 atom stereocenters. The fraction of sp³-hybridized carbons (Fsp3) is 1.00. The Morgan fingerprint density at radius 2 is 1.73 bits per heavy atom. The van der Waals surface area contributed by atoms with Crippen LogP contribution in [0.15, 0.2) is 0 Å². The third-order valence-electron chi connectivity index (χ3n) is 2.48. The van der Waals surface area contributed by atoms with Crippen LogP contribution in [0.3, 0.4) is 0 Å². The van der Waals surface area contributed by atoms with Crippen LogP contribution in [0, 0.1) is 0 Å². The van der Waals surface area contributed by atoms with Crippen molar-refractivity contribution in [3.05, 3.63) is 0 Å².